The number of H-pyrrole nitrogens is 1. The van der Waals surface area contributed by atoms with Gasteiger partial charge in [-0.05, 0) is 43.3 Å². The molecule has 0 unspecified atom stereocenters. The van der Waals surface area contributed by atoms with E-state index in [1.54, 1.807) is 17.0 Å². The van der Waals surface area contributed by atoms with Crippen LogP contribution in [0.4, 0.5) is 0 Å². The number of carbonyl (C=O) groups excluding carboxylic acids is 1. The van der Waals surface area contributed by atoms with Crippen LogP contribution in [-0.4, -0.2) is 42.1 Å². The predicted molar refractivity (Wildman–Crippen MR) is 77.3 cm³/mol. The summed E-state index contributed by atoms with van der Waals surface area (Å²) in [5.41, 5.74) is 2.03. The van der Waals surface area contributed by atoms with Crippen molar-refractivity contribution in [3.63, 3.8) is 0 Å². The van der Waals surface area contributed by atoms with E-state index < -0.39 is 0 Å². The summed E-state index contributed by atoms with van der Waals surface area (Å²) in [4.78, 5) is 17.5. The van der Waals surface area contributed by atoms with Gasteiger partial charge in [-0.25, -0.2) is 0 Å². The Labute approximate surface area is 121 Å². The number of ether oxygens (including phenoxy) is 1. The molecule has 0 radical (unpaired) electrons. The van der Waals surface area contributed by atoms with Gasteiger partial charge in [0, 0.05) is 31.9 Å². The number of hydrogen-bond donors (Lipinski definition) is 1. The highest BCUT2D eigenvalue weighted by atomic mass is 32.1. The van der Waals surface area contributed by atoms with Crippen molar-refractivity contribution in [3.8, 4) is 0 Å². The number of nitrogens with one attached hydrogen (secondary N) is 1. The summed E-state index contributed by atoms with van der Waals surface area (Å²) >= 11 is 4.94. The molecule has 1 aromatic heterocycles. The molecule has 106 valence electrons. The van der Waals surface area contributed by atoms with Crippen molar-refractivity contribution < 1.29 is 13.9 Å². The minimum atomic E-state index is 0.00104. The first kappa shape index (κ1) is 13.3. The average Bonchev–Trinajstić information content (AvgIpc) is 2.85. The van der Waals surface area contributed by atoms with Crippen LogP contribution in [0.5, 0.6) is 0 Å². The van der Waals surface area contributed by atoms with Gasteiger partial charge in [0.1, 0.15) is 0 Å². The van der Waals surface area contributed by atoms with Gasteiger partial charge in [-0.1, -0.05) is 0 Å². The Bertz CT molecular complexity index is 685. The molecule has 20 heavy (non-hydrogen) atoms. The fraction of sp³-hybridized carbons (Fsp3) is 0.429. The summed E-state index contributed by atoms with van der Waals surface area (Å²) in [6.07, 6.45) is 1.77. The van der Waals surface area contributed by atoms with Gasteiger partial charge in [0.05, 0.1) is 5.52 Å². The van der Waals surface area contributed by atoms with Crippen molar-refractivity contribution in [3.05, 3.63) is 28.6 Å². The van der Waals surface area contributed by atoms with E-state index in [1.807, 2.05) is 13.1 Å². The third kappa shape index (κ3) is 2.48. The van der Waals surface area contributed by atoms with Crippen LogP contribution in [0.3, 0.4) is 0 Å². The maximum absolute atomic E-state index is 12.5. The maximum atomic E-state index is 12.5. The topological polar surface area (TPSA) is 58.5 Å². The molecule has 0 aliphatic carbocycles. The van der Waals surface area contributed by atoms with E-state index in [4.69, 9.17) is 21.4 Å². The lowest BCUT2D eigenvalue weighted by molar-refractivity contribution is 0.0362. The summed E-state index contributed by atoms with van der Waals surface area (Å²) < 4.78 is 10.7. The molecular formula is C14H16N2O3S. The Kier molecular flexibility index (Phi) is 3.58. The monoisotopic (exact) mass is 292 g/mol. The zero-order chi connectivity index (χ0) is 14.1. The van der Waals surface area contributed by atoms with Gasteiger partial charge < -0.3 is 19.0 Å². The van der Waals surface area contributed by atoms with E-state index in [2.05, 4.69) is 4.98 Å². The predicted octanol–water partition coefficient (Wildman–Crippen LogP) is 2.74. The molecule has 1 aromatic carbocycles. The molecule has 2 aromatic rings. The molecule has 1 saturated heterocycles. The molecule has 1 amide bonds. The zero-order valence-electron chi connectivity index (χ0n) is 11.2. The zero-order valence-corrected chi connectivity index (χ0v) is 12.0. The second kappa shape index (κ2) is 5.38. The molecule has 1 N–H and O–H groups in total. The summed E-state index contributed by atoms with van der Waals surface area (Å²) in [5.74, 6) is 0.00104. The third-order valence-electron chi connectivity index (χ3n) is 3.73. The molecule has 0 saturated carbocycles. The number of oxazole rings is 1. The number of aromatic nitrogens is 1. The highest BCUT2D eigenvalue weighted by molar-refractivity contribution is 7.71. The molecule has 1 fully saturated rings. The van der Waals surface area contributed by atoms with E-state index in [9.17, 15) is 4.79 Å². The van der Waals surface area contributed by atoms with Crippen LogP contribution in [0.2, 0.25) is 0 Å². The molecule has 0 bridgehead atoms. The SMILES string of the molecule is CN(C(=O)c1ccc2[nH]c(=S)oc2c1)C1CCOCC1. The van der Waals surface area contributed by atoms with Crippen molar-refractivity contribution in [1.29, 1.82) is 0 Å². The largest absolute Gasteiger partial charge is 0.429 e. The molecule has 1 aliphatic heterocycles. The van der Waals surface area contributed by atoms with Gasteiger partial charge in [-0.2, -0.15) is 0 Å². The molecule has 0 spiro atoms. The molecule has 0 atom stereocenters. The quantitative estimate of drug-likeness (QED) is 0.865. The lowest BCUT2D eigenvalue weighted by Crippen LogP contribution is -2.40. The number of carbonyl (C=O) groups is 1. The number of amides is 1. The van der Waals surface area contributed by atoms with Crippen LogP contribution in [0.25, 0.3) is 11.1 Å². The Hall–Kier alpha value is -1.66. The fourth-order valence-corrected chi connectivity index (χ4v) is 2.72. The van der Waals surface area contributed by atoms with Crippen molar-refractivity contribution in [1.82, 2.24) is 9.88 Å². The van der Waals surface area contributed by atoms with Crippen molar-refractivity contribution >= 4 is 29.2 Å². The highest BCUT2D eigenvalue weighted by Crippen LogP contribution is 2.19. The second-order valence-corrected chi connectivity index (χ2v) is 5.36. The normalized spacial score (nSPS) is 16.4. The number of fused-ring (bicyclic) bond motifs is 1. The van der Waals surface area contributed by atoms with Crippen LogP contribution in [0, 0.1) is 4.84 Å². The van der Waals surface area contributed by atoms with Crippen LogP contribution < -0.4 is 0 Å². The first-order valence-corrected chi connectivity index (χ1v) is 7.04. The Morgan fingerprint density at radius 1 is 1.40 bits per heavy atom. The van der Waals surface area contributed by atoms with Gasteiger partial charge >= 0.3 is 0 Å². The van der Waals surface area contributed by atoms with Crippen LogP contribution in [0.15, 0.2) is 22.6 Å². The number of hydrogen-bond acceptors (Lipinski definition) is 4. The van der Waals surface area contributed by atoms with Gasteiger partial charge in [-0.15, -0.1) is 0 Å². The number of benzene rings is 1. The molecule has 6 heteroatoms. The molecule has 1 aliphatic rings. The van der Waals surface area contributed by atoms with Crippen molar-refractivity contribution in [2.24, 2.45) is 0 Å². The minimum Gasteiger partial charge on any atom is -0.429 e. The maximum Gasteiger partial charge on any atom is 0.266 e. The van der Waals surface area contributed by atoms with Gasteiger partial charge in [-0.3, -0.25) is 4.79 Å². The van der Waals surface area contributed by atoms with E-state index in [0.717, 1.165) is 18.4 Å². The van der Waals surface area contributed by atoms with Crippen LogP contribution >= 0.6 is 12.2 Å². The summed E-state index contributed by atoms with van der Waals surface area (Å²) in [6.45, 7) is 1.43. The fourth-order valence-electron chi connectivity index (χ4n) is 2.52. The first-order valence-electron chi connectivity index (χ1n) is 6.63. The minimum absolute atomic E-state index is 0.00104. The summed E-state index contributed by atoms with van der Waals surface area (Å²) in [5, 5.41) is 0. The lowest BCUT2D eigenvalue weighted by atomic mass is 10.1. The van der Waals surface area contributed by atoms with Gasteiger partial charge in [0.15, 0.2) is 5.58 Å². The molecule has 2 heterocycles. The molecule has 3 rings (SSSR count). The van der Waals surface area contributed by atoms with E-state index in [-0.39, 0.29) is 11.9 Å². The van der Waals surface area contributed by atoms with Gasteiger partial charge in [0.25, 0.3) is 10.7 Å². The van der Waals surface area contributed by atoms with Crippen LogP contribution in [0.1, 0.15) is 23.2 Å². The molecular weight excluding hydrogens is 276 g/mol. The standard InChI is InChI=1S/C14H16N2O3S/c1-16(10-4-6-18-7-5-10)13(17)9-2-3-11-12(8-9)19-14(20)15-11/h2-3,8,10H,4-7H2,1H3,(H,15,20). The number of rotatable bonds is 2. The summed E-state index contributed by atoms with van der Waals surface area (Å²) in [7, 11) is 1.84. The summed E-state index contributed by atoms with van der Waals surface area (Å²) in [6, 6.07) is 5.59. The van der Waals surface area contributed by atoms with Crippen molar-refractivity contribution in [2.45, 2.75) is 18.9 Å². The highest BCUT2D eigenvalue weighted by Gasteiger charge is 2.23. The number of aromatic amines is 1. The van der Waals surface area contributed by atoms with E-state index in [1.165, 1.54) is 0 Å². The average molecular weight is 292 g/mol. The lowest BCUT2D eigenvalue weighted by Gasteiger charge is -2.31. The Balaban J connectivity index is 1.85. The molecule has 5 nitrogen and oxygen atoms in total. The number of nitrogens with zero attached hydrogens (tertiary/aromatic N) is 1. The third-order valence-corrected chi connectivity index (χ3v) is 3.91. The smallest absolute Gasteiger partial charge is 0.266 e. The Morgan fingerprint density at radius 3 is 2.90 bits per heavy atom. The first-order chi connectivity index (χ1) is 9.65. The van der Waals surface area contributed by atoms with Crippen molar-refractivity contribution in [2.75, 3.05) is 20.3 Å². The van der Waals surface area contributed by atoms with E-state index in [0.29, 0.717) is 29.2 Å². The Morgan fingerprint density at radius 2 is 2.15 bits per heavy atom. The second-order valence-electron chi connectivity index (χ2n) is 4.99. The van der Waals surface area contributed by atoms with E-state index >= 15 is 0 Å². The van der Waals surface area contributed by atoms with Gasteiger partial charge in [0.2, 0.25) is 0 Å². The van der Waals surface area contributed by atoms with Crippen LogP contribution in [-0.2, 0) is 4.74 Å².